The Hall–Kier alpha value is -2.11. The highest BCUT2D eigenvalue weighted by Crippen LogP contribution is 2.15. The SMILES string of the molecule is Cc1cc2no[n+]([O-])c2cc1C(=O)O. The molecule has 0 aliphatic rings. The van der Waals surface area contributed by atoms with Gasteiger partial charge in [-0.3, -0.25) is 4.63 Å². The second-order valence-electron chi connectivity index (χ2n) is 2.89. The minimum absolute atomic E-state index is 0.0744. The van der Waals surface area contributed by atoms with Crippen LogP contribution in [0.5, 0.6) is 0 Å². The maximum absolute atomic E-state index is 11.0. The molecule has 0 aliphatic heterocycles. The van der Waals surface area contributed by atoms with Gasteiger partial charge in [-0.1, -0.05) is 0 Å². The Morgan fingerprint density at radius 1 is 1.64 bits per heavy atom. The first-order valence-electron chi connectivity index (χ1n) is 3.83. The Balaban J connectivity index is 2.80. The van der Waals surface area contributed by atoms with Gasteiger partial charge in [0.15, 0.2) is 0 Å². The van der Waals surface area contributed by atoms with E-state index in [2.05, 4.69) is 9.79 Å². The maximum Gasteiger partial charge on any atom is 0.336 e. The lowest BCUT2D eigenvalue weighted by atomic mass is 10.1. The number of fused-ring (bicyclic) bond motifs is 1. The average molecular weight is 194 g/mol. The standard InChI is InChI=1S/C8H6N2O4/c1-4-2-6-7(10(13)14-9-6)3-5(4)8(11)12/h2-3H,1H3,(H,11,12). The first-order chi connectivity index (χ1) is 6.59. The van der Waals surface area contributed by atoms with E-state index in [-0.39, 0.29) is 16.0 Å². The molecule has 0 radical (unpaired) electrons. The maximum atomic E-state index is 11.0. The molecule has 0 unspecified atom stereocenters. The molecular formula is C8H6N2O4. The highest BCUT2D eigenvalue weighted by atomic mass is 16.8. The van der Waals surface area contributed by atoms with Crippen LogP contribution >= 0.6 is 0 Å². The number of aryl methyl sites for hydroxylation is 1. The van der Waals surface area contributed by atoms with Gasteiger partial charge < -0.3 is 10.3 Å². The molecule has 0 amide bonds. The van der Waals surface area contributed by atoms with E-state index in [1.807, 2.05) is 0 Å². The van der Waals surface area contributed by atoms with Crippen molar-refractivity contribution in [2.45, 2.75) is 6.92 Å². The van der Waals surface area contributed by atoms with Gasteiger partial charge in [-0.15, -0.1) is 0 Å². The summed E-state index contributed by atoms with van der Waals surface area (Å²) in [6, 6.07) is 2.74. The van der Waals surface area contributed by atoms with Gasteiger partial charge in [0.25, 0.3) is 0 Å². The number of hydrogen-bond donors (Lipinski definition) is 1. The van der Waals surface area contributed by atoms with Gasteiger partial charge in [-0.05, 0) is 23.5 Å². The molecule has 2 rings (SSSR count). The fourth-order valence-electron chi connectivity index (χ4n) is 1.26. The zero-order chi connectivity index (χ0) is 10.3. The minimum atomic E-state index is -1.08. The second-order valence-corrected chi connectivity index (χ2v) is 2.89. The molecule has 1 heterocycles. The molecule has 1 aromatic carbocycles. The van der Waals surface area contributed by atoms with Gasteiger partial charge in [-0.2, -0.15) is 0 Å². The quantitative estimate of drug-likeness (QED) is 0.666. The molecule has 6 heteroatoms. The van der Waals surface area contributed by atoms with Crippen LogP contribution < -0.4 is 4.90 Å². The lowest BCUT2D eigenvalue weighted by Crippen LogP contribution is -2.22. The summed E-state index contributed by atoms with van der Waals surface area (Å²) in [4.78, 5) is 10.9. The summed E-state index contributed by atoms with van der Waals surface area (Å²) < 4.78 is 4.32. The number of carboxylic acids is 1. The summed E-state index contributed by atoms with van der Waals surface area (Å²) in [5, 5.41) is 23.2. The summed E-state index contributed by atoms with van der Waals surface area (Å²) in [5.41, 5.74) is 1.08. The molecule has 1 aromatic heterocycles. The third-order valence-electron chi connectivity index (χ3n) is 1.96. The number of carbonyl (C=O) groups is 1. The Morgan fingerprint density at radius 2 is 2.36 bits per heavy atom. The summed E-state index contributed by atoms with van der Waals surface area (Å²) in [6.07, 6.45) is 0. The molecule has 14 heavy (non-hydrogen) atoms. The fraction of sp³-hybridized carbons (Fsp3) is 0.125. The number of benzene rings is 1. The first-order valence-corrected chi connectivity index (χ1v) is 3.83. The van der Waals surface area contributed by atoms with Crippen molar-refractivity contribution >= 4 is 17.0 Å². The predicted molar refractivity (Wildman–Crippen MR) is 44.7 cm³/mol. The molecule has 0 spiro atoms. The molecule has 0 saturated carbocycles. The summed E-state index contributed by atoms with van der Waals surface area (Å²) in [5.74, 6) is -1.08. The molecular weight excluding hydrogens is 188 g/mol. The molecule has 0 bridgehead atoms. The fourth-order valence-corrected chi connectivity index (χ4v) is 1.26. The van der Waals surface area contributed by atoms with E-state index >= 15 is 0 Å². The molecule has 0 atom stereocenters. The van der Waals surface area contributed by atoms with Crippen LogP contribution in [0.3, 0.4) is 0 Å². The van der Waals surface area contributed by atoms with Crippen molar-refractivity contribution in [1.29, 1.82) is 0 Å². The lowest BCUT2D eigenvalue weighted by molar-refractivity contribution is -0.782. The molecule has 0 fully saturated rings. The third kappa shape index (κ3) is 1.08. The normalized spacial score (nSPS) is 10.6. The molecule has 72 valence electrons. The average Bonchev–Trinajstić information content (AvgIpc) is 2.46. The summed E-state index contributed by atoms with van der Waals surface area (Å²) in [7, 11) is 0. The number of hydrogen-bond acceptors (Lipinski definition) is 4. The molecule has 0 saturated heterocycles. The van der Waals surface area contributed by atoms with E-state index < -0.39 is 5.97 Å². The Bertz CT molecular complexity index is 517. The van der Waals surface area contributed by atoms with Crippen molar-refractivity contribution in [2.75, 3.05) is 0 Å². The Morgan fingerprint density at radius 3 is 3.00 bits per heavy atom. The van der Waals surface area contributed by atoms with Crippen LogP contribution in [0.2, 0.25) is 0 Å². The highest BCUT2D eigenvalue weighted by Gasteiger charge is 2.15. The molecule has 1 N–H and O–H groups in total. The summed E-state index contributed by atoms with van der Waals surface area (Å²) in [6.45, 7) is 1.63. The number of carboxylic acid groups (broad SMARTS) is 1. The first kappa shape index (κ1) is 8.49. The van der Waals surface area contributed by atoms with Crippen molar-refractivity contribution in [1.82, 2.24) is 5.16 Å². The van der Waals surface area contributed by atoms with Crippen LogP contribution in [0, 0.1) is 12.1 Å². The van der Waals surface area contributed by atoms with Gasteiger partial charge in [0.1, 0.15) is 0 Å². The van der Waals surface area contributed by atoms with Gasteiger partial charge in [0, 0.05) is 11.2 Å². The Labute approximate surface area is 77.9 Å². The van der Waals surface area contributed by atoms with Crippen LogP contribution in [0.15, 0.2) is 16.8 Å². The van der Waals surface area contributed by atoms with E-state index in [1.54, 1.807) is 6.92 Å². The summed E-state index contributed by atoms with van der Waals surface area (Å²) >= 11 is 0. The van der Waals surface area contributed by atoms with Crippen molar-refractivity contribution in [3.8, 4) is 0 Å². The van der Waals surface area contributed by atoms with Gasteiger partial charge in [-0.25, -0.2) is 4.79 Å². The van der Waals surface area contributed by atoms with Crippen LogP contribution in [0.1, 0.15) is 15.9 Å². The Kier molecular flexibility index (Phi) is 1.63. The number of aromatic nitrogens is 2. The minimum Gasteiger partial charge on any atom is -0.478 e. The second kappa shape index (κ2) is 2.69. The number of rotatable bonds is 1. The largest absolute Gasteiger partial charge is 0.478 e. The van der Waals surface area contributed by atoms with Crippen LogP contribution in [0.25, 0.3) is 11.0 Å². The molecule has 2 aromatic rings. The highest BCUT2D eigenvalue weighted by molar-refractivity contribution is 5.93. The molecule has 0 aliphatic carbocycles. The lowest BCUT2D eigenvalue weighted by Gasteiger charge is -1.97. The van der Waals surface area contributed by atoms with Gasteiger partial charge >= 0.3 is 5.97 Å². The number of aromatic carboxylic acids is 1. The van der Waals surface area contributed by atoms with Crippen molar-refractivity contribution in [2.24, 2.45) is 0 Å². The van der Waals surface area contributed by atoms with E-state index in [0.717, 1.165) is 0 Å². The van der Waals surface area contributed by atoms with Gasteiger partial charge in [0.2, 0.25) is 11.0 Å². The van der Waals surface area contributed by atoms with Crippen LogP contribution in [-0.4, -0.2) is 16.2 Å². The van der Waals surface area contributed by atoms with Crippen molar-refractivity contribution in [3.05, 3.63) is 28.5 Å². The van der Waals surface area contributed by atoms with Crippen molar-refractivity contribution in [3.63, 3.8) is 0 Å². The monoisotopic (exact) mass is 194 g/mol. The molecule has 6 nitrogen and oxygen atoms in total. The van der Waals surface area contributed by atoms with Crippen molar-refractivity contribution < 1.29 is 19.4 Å². The van der Waals surface area contributed by atoms with E-state index in [0.29, 0.717) is 11.1 Å². The third-order valence-corrected chi connectivity index (χ3v) is 1.96. The smallest absolute Gasteiger partial charge is 0.336 e. The topological polar surface area (TPSA) is 90.3 Å². The zero-order valence-electron chi connectivity index (χ0n) is 7.22. The van der Waals surface area contributed by atoms with E-state index in [4.69, 9.17) is 5.11 Å². The van der Waals surface area contributed by atoms with Gasteiger partial charge in [0.05, 0.1) is 5.56 Å². The van der Waals surface area contributed by atoms with Crippen LogP contribution in [-0.2, 0) is 0 Å². The zero-order valence-corrected chi connectivity index (χ0v) is 7.22. The van der Waals surface area contributed by atoms with E-state index in [9.17, 15) is 10.0 Å². The predicted octanol–water partition coefficient (Wildman–Crippen LogP) is 0.468. The van der Waals surface area contributed by atoms with Crippen LogP contribution in [0.4, 0.5) is 0 Å². The number of nitrogens with zero attached hydrogens (tertiary/aromatic N) is 2. The van der Waals surface area contributed by atoms with E-state index in [1.165, 1.54) is 12.1 Å².